The first kappa shape index (κ1) is 16.2. The molecule has 2 aliphatic rings. The van der Waals surface area contributed by atoms with Crippen LogP contribution in [0.1, 0.15) is 22.3 Å². The molecule has 7 heteroatoms. The van der Waals surface area contributed by atoms with Crippen LogP contribution >= 0.6 is 11.6 Å². The molecule has 0 amide bonds. The molecular formula is C18H16ClNO5. The second kappa shape index (κ2) is 6.20. The van der Waals surface area contributed by atoms with E-state index in [1.54, 1.807) is 10.6 Å². The maximum Gasteiger partial charge on any atom is 0.341 e. The van der Waals surface area contributed by atoms with Gasteiger partial charge in [-0.2, -0.15) is 0 Å². The first-order valence-corrected chi connectivity index (χ1v) is 8.45. The number of aryl methyl sites for hydroxylation is 2. The van der Waals surface area contributed by atoms with Gasteiger partial charge in [0.2, 0.25) is 0 Å². The average Bonchev–Trinajstić information content (AvgIpc) is 3.08. The van der Waals surface area contributed by atoms with Crippen molar-refractivity contribution in [2.75, 3.05) is 13.2 Å². The van der Waals surface area contributed by atoms with Gasteiger partial charge in [-0.15, -0.1) is 0 Å². The van der Waals surface area contributed by atoms with E-state index in [1.807, 2.05) is 6.07 Å². The minimum absolute atomic E-state index is 0.00664. The maximum atomic E-state index is 12.1. The number of rotatable bonds is 3. The number of fused-ring (bicyclic) bond motifs is 3. The molecular weight excluding hydrogens is 346 g/mol. The summed E-state index contributed by atoms with van der Waals surface area (Å²) in [6.45, 7) is 1.84. The van der Waals surface area contributed by atoms with E-state index in [0.29, 0.717) is 42.6 Å². The number of carboxylic acid groups (broad SMARTS) is 1. The molecule has 2 aliphatic heterocycles. The molecule has 1 atom stereocenters. The van der Waals surface area contributed by atoms with E-state index in [4.69, 9.17) is 26.2 Å². The van der Waals surface area contributed by atoms with E-state index in [1.165, 1.54) is 12.3 Å². The highest BCUT2D eigenvalue weighted by Crippen LogP contribution is 2.37. The van der Waals surface area contributed by atoms with Gasteiger partial charge in [0.15, 0.2) is 5.43 Å². The van der Waals surface area contributed by atoms with Crippen molar-refractivity contribution in [2.24, 2.45) is 0 Å². The van der Waals surface area contributed by atoms with Gasteiger partial charge in [-0.1, -0.05) is 11.6 Å². The molecule has 1 aromatic heterocycles. The Bertz CT molecular complexity index is 914. The molecule has 0 aliphatic carbocycles. The first-order chi connectivity index (χ1) is 12.0. The minimum atomic E-state index is -1.22. The van der Waals surface area contributed by atoms with Crippen molar-refractivity contribution in [3.05, 3.63) is 50.8 Å². The van der Waals surface area contributed by atoms with Crippen LogP contribution in [0.4, 0.5) is 0 Å². The van der Waals surface area contributed by atoms with Gasteiger partial charge < -0.3 is 19.1 Å². The number of hydrogen-bond acceptors (Lipinski definition) is 4. The Morgan fingerprint density at radius 3 is 2.92 bits per heavy atom. The van der Waals surface area contributed by atoms with Crippen molar-refractivity contribution in [2.45, 2.75) is 25.5 Å². The Kier molecular flexibility index (Phi) is 4.01. The number of benzene rings is 1. The summed E-state index contributed by atoms with van der Waals surface area (Å²) >= 11 is 6.38. The molecule has 130 valence electrons. The van der Waals surface area contributed by atoms with Crippen molar-refractivity contribution >= 4 is 17.6 Å². The van der Waals surface area contributed by atoms with Crippen LogP contribution < -0.4 is 10.2 Å². The van der Waals surface area contributed by atoms with Crippen molar-refractivity contribution in [1.29, 1.82) is 0 Å². The van der Waals surface area contributed by atoms with Gasteiger partial charge in [0, 0.05) is 30.8 Å². The molecule has 1 saturated heterocycles. The van der Waals surface area contributed by atoms with Gasteiger partial charge in [0.25, 0.3) is 0 Å². The van der Waals surface area contributed by atoms with Gasteiger partial charge in [-0.25, -0.2) is 4.79 Å². The van der Waals surface area contributed by atoms with Crippen LogP contribution in [-0.4, -0.2) is 35.0 Å². The summed E-state index contributed by atoms with van der Waals surface area (Å²) in [6.07, 6.45) is 2.95. The van der Waals surface area contributed by atoms with Gasteiger partial charge in [-0.3, -0.25) is 4.79 Å². The maximum absolute atomic E-state index is 12.1. The molecule has 0 spiro atoms. The summed E-state index contributed by atoms with van der Waals surface area (Å²) in [7, 11) is 0. The molecule has 0 saturated carbocycles. The number of pyridine rings is 1. The van der Waals surface area contributed by atoms with E-state index in [0.717, 1.165) is 17.5 Å². The van der Waals surface area contributed by atoms with Crippen LogP contribution in [0.2, 0.25) is 5.02 Å². The summed E-state index contributed by atoms with van der Waals surface area (Å²) in [4.78, 5) is 23.2. The largest absolute Gasteiger partial charge is 0.486 e. The predicted octanol–water partition coefficient (Wildman–Crippen LogP) is 2.59. The topological polar surface area (TPSA) is 77.8 Å². The molecule has 3 heterocycles. The summed E-state index contributed by atoms with van der Waals surface area (Å²) in [5.74, 6) is -0.597. The van der Waals surface area contributed by atoms with Crippen LogP contribution in [0.25, 0.3) is 11.3 Å². The molecule has 1 N–H and O–H groups in total. The summed E-state index contributed by atoms with van der Waals surface area (Å²) in [6, 6.07) is 5.06. The lowest BCUT2D eigenvalue weighted by Crippen LogP contribution is -2.22. The van der Waals surface area contributed by atoms with Crippen LogP contribution in [0.15, 0.2) is 29.2 Å². The second-order valence-corrected chi connectivity index (χ2v) is 6.64. The number of aromatic nitrogens is 1. The Morgan fingerprint density at radius 1 is 1.36 bits per heavy atom. The number of aromatic carboxylic acids is 1. The van der Waals surface area contributed by atoms with Crippen molar-refractivity contribution in [1.82, 2.24) is 4.57 Å². The molecule has 2 aromatic rings. The number of carbonyl (C=O) groups is 1. The second-order valence-electron chi connectivity index (χ2n) is 6.23. The third-order valence-electron chi connectivity index (χ3n) is 4.60. The quantitative estimate of drug-likeness (QED) is 0.909. The number of nitrogens with zero attached hydrogens (tertiary/aromatic N) is 1. The Hall–Kier alpha value is -2.31. The number of carboxylic acids is 1. The fourth-order valence-corrected chi connectivity index (χ4v) is 3.52. The third-order valence-corrected chi connectivity index (χ3v) is 4.89. The highest BCUT2D eigenvalue weighted by molar-refractivity contribution is 6.32. The van der Waals surface area contributed by atoms with E-state index < -0.39 is 11.4 Å². The van der Waals surface area contributed by atoms with E-state index in [2.05, 4.69) is 0 Å². The standard InChI is InChI=1S/C18H16ClNO5/c19-14-6-12-10(5-17(14)25-11-2-4-24-9-11)1-3-20-8-13(18(22)23)16(21)7-15(12)20/h5-8,11H,1-4,9H2,(H,22,23). The Balaban J connectivity index is 1.75. The van der Waals surface area contributed by atoms with E-state index >= 15 is 0 Å². The zero-order valence-corrected chi connectivity index (χ0v) is 14.1. The molecule has 0 radical (unpaired) electrons. The normalized spacial score (nSPS) is 18.5. The smallest absolute Gasteiger partial charge is 0.341 e. The number of hydrogen-bond donors (Lipinski definition) is 1. The Labute approximate surface area is 148 Å². The third kappa shape index (κ3) is 2.92. The van der Waals surface area contributed by atoms with Gasteiger partial charge in [-0.05, 0) is 24.1 Å². The van der Waals surface area contributed by atoms with E-state index in [9.17, 15) is 9.59 Å². The highest BCUT2D eigenvalue weighted by Gasteiger charge is 2.23. The Morgan fingerprint density at radius 2 is 2.20 bits per heavy atom. The van der Waals surface area contributed by atoms with Crippen molar-refractivity contribution in [3.8, 4) is 17.0 Å². The molecule has 1 fully saturated rings. The van der Waals surface area contributed by atoms with Crippen LogP contribution in [-0.2, 0) is 17.7 Å². The minimum Gasteiger partial charge on any atom is -0.486 e. The molecule has 1 aromatic carbocycles. The lowest BCUT2D eigenvalue weighted by Gasteiger charge is -2.24. The van der Waals surface area contributed by atoms with Crippen molar-refractivity contribution < 1.29 is 19.4 Å². The molecule has 6 nitrogen and oxygen atoms in total. The zero-order valence-electron chi connectivity index (χ0n) is 13.3. The van der Waals surface area contributed by atoms with Crippen LogP contribution in [0.5, 0.6) is 5.75 Å². The number of halogens is 1. The highest BCUT2D eigenvalue weighted by atomic mass is 35.5. The molecule has 1 unspecified atom stereocenters. The summed E-state index contributed by atoms with van der Waals surface area (Å²) < 4.78 is 13.0. The van der Waals surface area contributed by atoms with Gasteiger partial charge >= 0.3 is 5.97 Å². The predicted molar refractivity (Wildman–Crippen MR) is 91.7 cm³/mol. The fraction of sp³-hybridized carbons (Fsp3) is 0.333. The first-order valence-electron chi connectivity index (χ1n) is 8.08. The van der Waals surface area contributed by atoms with Crippen LogP contribution in [0.3, 0.4) is 0 Å². The fourth-order valence-electron chi connectivity index (χ4n) is 3.31. The van der Waals surface area contributed by atoms with Crippen molar-refractivity contribution in [3.63, 3.8) is 0 Å². The lowest BCUT2D eigenvalue weighted by molar-refractivity contribution is 0.0694. The summed E-state index contributed by atoms with van der Waals surface area (Å²) in [5.41, 5.74) is 1.81. The monoisotopic (exact) mass is 361 g/mol. The van der Waals surface area contributed by atoms with Gasteiger partial charge in [0.1, 0.15) is 17.4 Å². The average molecular weight is 362 g/mol. The zero-order chi connectivity index (χ0) is 17.6. The molecule has 25 heavy (non-hydrogen) atoms. The molecule has 4 rings (SSSR count). The van der Waals surface area contributed by atoms with Crippen LogP contribution in [0, 0.1) is 0 Å². The van der Waals surface area contributed by atoms with E-state index in [-0.39, 0.29) is 11.7 Å². The molecule has 0 bridgehead atoms. The number of ether oxygens (including phenoxy) is 2. The van der Waals surface area contributed by atoms with Gasteiger partial charge in [0.05, 0.1) is 23.9 Å². The SMILES string of the molecule is O=C(O)c1cn2c(cc1=O)-c1cc(Cl)c(OC3CCOC3)cc1CC2. The lowest BCUT2D eigenvalue weighted by atomic mass is 9.96. The summed E-state index contributed by atoms with van der Waals surface area (Å²) in [5, 5.41) is 9.58.